The van der Waals surface area contributed by atoms with Gasteiger partial charge in [0, 0.05) is 43.0 Å². The predicted octanol–water partition coefficient (Wildman–Crippen LogP) is 2.26. The first-order valence-corrected chi connectivity index (χ1v) is 8.76. The molecule has 1 saturated heterocycles. The van der Waals surface area contributed by atoms with E-state index in [1.807, 2.05) is 56.1 Å². The normalized spacial score (nSPS) is 20.7. The van der Waals surface area contributed by atoms with E-state index < -0.39 is 0 Å². The standard InChI is InChI=1S/C19H26N4O2/c1-13-11-23(12-14(2)25-13)19(24)17-6-4-16(5-7-17)8-20-9-18-10-21-22-15(18)3/h4-7,10,13-14,20H,8-9,11-12H2,1-3H3,(H,21,22)/t13-,14-/m0/s1. The highest BCUT2D eigenvalue weighted by atomic mass is 16.5. The van der Waals surface area contributed by atoms with Crippen molar-refractivity contribution < 1.29 is 9.53 Å². The van der Waals surface area contributed by atoms with E-state index in [9.17, 15) is 4.79 Å². The molecule has 0 aliphatic carbocycles. The zero-order valence-electron chi connectivity index (χ0n) is 15.1. The van der Waals surface area contributed by atoms with E-state index in [1.165, 1.54) is 5.56 Å². The first-order valence-electron chi connectivity index (χ1n) is 8.76. The van der Waals surface area contributed by atoms with E-state index in [0.29, 0.717) is 13.1 Å². The molecule has 6 heteroatoms. The van der Waals surface area contributed by atoms with Crippen LogP contribution in [-0.4, -0.2) is 46.3 Å². The molecule has 2 atom stereocenters. The molecule has 3 rings (SSSR count). The molecule has 0 spiro atoms. The topological polar surface area (TPSA) is 70.2 Å². The van der Waals surface area contributed by atoms with Gasteiger partial charge in [0.05, 0.1) is 18.4 Å². The zero-order valence-corrected chi connectivity index (χ0v) is 15.1. The molecule has 0 radical (unpaired) electrons. The van der Waals surface area contributed by atoms with Gasteiger partial charge in [-0.1, -0.05) is 12.1 Å². The Bertz CT molecular complexity index is 700. The summed E-state index contributed by atoms with van der Waals surface area (Å²) in [6, 6.07) is 7.84. The largest absolute Gasteiger partial charge is 0.372 e. The van der Waals surface area contributed by atoms with E-state index in [4.69, 9.17) is 4.74 Å². The highest BCUT2D eigenvalue weighted by Gasteiger charge is 2.26. The second-order valence-corrected chi connectivity index (χ2v) is 6.79. The lowest BCUT2D eigenvalue weighted by Gasteiger charge is -2.35. The van der Waals surface area contributed by atoms with Crippen molar-refractivity contribution in [1.29, 1.82) is 0 Å². The summed E-state index contributed by atoms with van der Waals surface area (Å²) >= 11 is 0. The van der Waals surface area contributed by atoms with Gasteiger partial charge >= 0.3 is 0 Å². The molecule has 2 aromatic rings. The van der Waals surface area contributed by atoms with Crippen molar-refractivity contribution in [2.45, 2.75) is 46.1 Å². The summed E-state index contributed by atoms with van der Waals surface area (Å²) in [7, 11) is 0. The number of amides is 1. The molecule has 1 aromatic heterocycles. The van der Waals surface area contributed by atoms with E-state index in [2.05, 4.69) is 15.5 Å². The van der Waals surface area contributed by atoms with Crippen LogP contribution in [0, 0.1) is 6.92 Å². The molecule has 25 heavy (non-hydrogen) atoms. The fourth-order valence-corrected chi connectivity index (χ4v) is 3.19. The number of benzene rings is 1. The van der Waals surface area contributed by atoms with Crippen LogP contribution in [0.25, 0.3) is 0 Å². The van der Waals surface area contributed by atoms with Crippen molar-refractivity contribution in [3.8, 4) is 0 Å². The third-order valence-electron chi connectivity index (χ3n) is 4.49. The molecule has 1 aliphatic heterocycles. The number of rotatable bonds is 5. The Labute approximate surface area is 148 Å². The maximum Gasteiger partial charge on any atom is 0.254 e. The van der Waals surface area contributed by atoms with Crippen LogP contribution in [-0.2, 0) is 17.8 Å². The lowest BCUT2D eigenvalue weighted by atomic mass is 10.1. The van der Waals surface area contributed by atoms with Crippen LogP contribution >= 0.6 is 0 Å². The summed E-state index contributed by atoms with van der Waals surface area (Å²) in [6.45, 7) is 8.85. The van der Waals surface area contributed by atoms with Crippen LogP contribution in [0.1, 0.15) is 41.0 Å². The Morgan fingerprint density at radius 3 is 2.52 bits per heavy atom. The summed E-state index contributed by atoms with van der Waals surface area (Å²) in [6.07, 6.45) is 2.01. The van der Waals surface area contributed by atoms with Crippen molar-refractivity contribution in [2.24, 2.45) is 0 Å². The smallest absolute Gasteiger partial charge is 0.254 e. The molecule has 2 N–H and O–H groups in total. The molecule has 6 nitrogen and oxygen atoms in total. The van der Waals surface area contributed by atoms with Crippen molar-refractivity contribution in [3.63, 3.8) is 0 Å². The number of nitrogens with one attached hydrogen (secondary N) is 2. The summed E-state index contributed by atoms with van der Waals surface area (Å²) in [4.78, 5) is 14.5. The minimum absolute atomic E-state index is 0.0792. The van der Waals surface area contributed by atoms with Gasteiger partial charge in [-0.15, -0.1) is 0 Å². The molecule has 1 amide bonds. The Morgan fingerprint density at radius 1 is 1.24 bits per heavy atom. The van der Waals surface area contributed by atoms with Crippen LogP contribution in [0.15, 0.2) is 30.5 Å². The maximum atomic E-state index is 12.7. The molecule has 0 unspecified atom stereocenters. The number of carbonyl (C=O) groups is 1. The average Bonchev–Trinajstić information content (AvgIpc) is 2.99. The molecule has 0 saturated carbocycles. The van der Waals surface area contributed by atoms with Crippen LogP contribution in [0.2, 0.25) is 0 Å². The number of nitrogens with zero attached hydrogens (tertiary/aromatic N) is 2. The first kappa shape index (κ1) is 17.6. The maximum absolute atomic E-state index is 12.7. The zero-order chi connectivity index (χ0) is 17.8. The molecular formula is C19H26N4O2. The van der Waals surface area contributed by atoms with Crippen LogP contribution < -0.4 is 5.32 Å². The van der Waals surface area contributed by atoms with E-state index in [0.717, 1.165) is 29.9 Å². The van der Waals surface area contributed by atoms with Gasteiger partial charge in [0.25, 0.3) is 5.91 Å². The fraction of sp³-hybridized carbons (Fsp3) is 0.474. The third kappa shape index (κ3) is 4.46. The number of H-pyrrole nitrogens is 1. The van der Waals surface area contributed by atoms with Crippen LogP contribution in [0.4, 0.5) is 0 Å². The van der Waals surface area contributed by atoms with Gasteiger partial charge in [0.1, 0.15) is 0 Å². The number of ether oxygens (including phenoxy) is 1. The quantitative estimate of drug-likeness (QED) is 0.874. The van der Waals surface area contributed by atoms with Gasteiger partial charge in [-0.2, -0.15) is 5.10 Å². The monoisotopic (exact) mass is 342 g/mol. The Morgan fingerprint density at radius 2 is 1.92 bits per heavy atom. The second kappa shape index (κ2) is 7.80. The van der Waals surface area contributed by atoms with Crippen molar-refractivity contribution in [3.05, 3.63) is 52.8 Å². The van der Waals surface area contributed by atoms with Gasteiger partial charge < -0.3 is 15.0 Å². The van der Waals surface area contributed by atoms with E-state index in [-0.39, 0.29) is 18.1 Å². The molecule has 1 aliphatic rings. The van der Waals surface area contributed by atoms with E-state index >= 15 is 0 Å². The summed E-state index contributed by atoms with van der Waals surface area (Å²) in [5, 5.41) is 10.3. The molecule has 1 fully saturated rings. The van der Waals surface area contributed by atoms with Gasteiger partial charge in [-0.3, -0.25) is 9.89 Å². The first-order chi connectivity index (χ1) is 12.0. The molecular weight excluding hydrogens is 316 g/mol. The number of aromatic nitrogens is 2. The van der Waals surface area contributed by atoms with Gasteiger partial charge in [0.15, 0.2) is 0 Å². The lowest BCUT2D eigenvalue weighted by Crippen LogP contribution is -2.48. The second-order valence-electron chi connectivity index (χ2n) is 6.79. The number of hydrogen-bond acceptors (Lipinski definition) is 4. The van der Waals surface area contributed by atoms with Crippen molar-refractivity contribution >= 4 is 5.91 Å². The predicted molar refractivity (Wildman–Crippen MR) is 96.2 cm³/mol. The number of aromatic amines is 1. The van der Waals surface area contributed by atoms with Crippen LogP contribution in [0.3, 0.4) is 0 Å². The minimum Gasteiger partial charge on any atom is -0.372 e. The Balaban J connectivity index is 1.54. The third-order valence-corrected chi connectivity index (χ3v) is 4.49. The number of morpholine rings is 1. The molecule has 134 valence electrons. The van der Waals surface area contributed by atoms with Crippen molar-refractivity contribution in [1.82, 2.24) is 20.4 Å². The molecule has 1 aromatic carbocycles. The SMILES string of the molecule is Cc1[nH]ncc1CNCc1ccc(C(=O)N2C[C@H](C)O[C@@H](C)C2)cc1. The fourth-order valence-electron chi connectivity index (χ4n) is 3.19. The Hall–Kier alpha value is -2.18. The number of carbonyl (C=O) groups excluding carboxylic acids is 1. The summed E-state index contributed by atoms with van der Waals surface area (Å²) in [5.74, 6) is 0.0792. The molecule has 0 bridgehead atoms. The average molecular weight is 342 g/mol. The minimum atomic E-state index is 0.0792. The van der Waals surface area contributed by atoms with Crippen LogP contribution in [0.5, 0.6) is 0 Å². The number of aryl methyl sites for hydroxylation is 1. The highest BCUT2D eigenvalue weighted by Crippen LogP contribution is 2.15. The summed E-state index contributed by atoms with van der Waals surface area (Å²) in [5.41, 5.74) is 4.14. The molecule has 2 heterocycles. The van der Waals surface area contributed by atoms with Gasteiger partial charge in [-0.25, -0.2) is 0 Å². The highest BCUT2D eigenvalue weighted by molar-refractivity contribution is 5.94. The lowest BCUT2D eigenvalue weighted by molar-refractivity contribution is -0.0586. The van der Waals surface area contributed by atoms with Gasteiger partial charge in [-0.05, 0) is 38.5 Å². The van der Waals surface area contributed by atoms with Crippen molar-refractivity contribution in [2.75, 3.05) is 13.1 Å². The summed E-state index contributed by atoms with van der Waals surface area (Å²) < 4.78 is 5.70. The van der Waals surface area contributed by atoms with E-state index in [1.54, 1.807) is 0 Å². The Kier molecular flexibility index (Phi) is 5.50. The number of hydrogen-bond donors (Lipinski definition) is 2. The van der Waals surface area contributed by atoms with Gasteiger partial charge in [0.2, 0.25) is 0 Å².